The Morgan fingerprint density at radius 3 is 1.77 bits per heavy atom. The number of nitriles is 1. The van der Waals surface area contributed by atoms with Crippen LogP contribution < -0.4 is 0 Å². The number of benzene rings is 2. The molecule has 0 fully saturated rings. The topological polar surface area (TPSA) is 23.8 Å². The summed E-state index contributed by atoms with van der Waals surface area (Å²) >= 11 is 0. The fourth-order valence-corrected chi connectivity index (χ4v) is 1.41. The van der Waals surface area contributed by atoms with Gasteiger partial charge in [0.05, 0.1) is 6.07 Å². The minimum absolute atomic E-state index is 0. The van der Waals surface area contributed by atoms with Crippen LogP contribution in [0.15, 0.2) is 30.3 Å². The number of rotatable bonds is 0. The van der Waals surface area contributed by atoms with Gasteiger partial charge in [-0.3, -0.25) is 0 Å². The molecule has 0 aliphatic rings. The van der Waals surface area contributed by atoms with Gasteiger partial charge in [0.25, 0.3) is 0 Å². The van der Waals surface area contributed by atoms with Crippen molar-refractivity contribution in [1.29, 1.82) is 5.26 Å². The molecule has 10 heteroatoms. The third kappa shape index (κ3) is 18.9. The summed E-state index contributed by atoms with van der Waals surface area (Å²) in [4.78, 5) is 0. The van der Waals surface area contributed by atoms with Crippen LogP contribution in [0.2, 0.25) is 0 Å². The summed E-state index contributed by atoms with van der Waals surface area (Å²) < 4.78 is 0. The first-order chi connectivity index (χ1) is 6.31. The molecule has 2 rings (SSSR count). The second-order valence-corrected chi connectivity index (χ2v) is 3.05. The van der Waals surface area contributed by atoms with Gasteiger partial charge in [-0.05, 0) is 12.5 Å². The first kappa shape index (κ1) is 52.2. The monoisotopic (exact) mass is 966 g/mol. The van der Waals surface area contributed by atoms with Gasteiger partial charge in [0, 0.05) is 300 Å². The molecule has 0 N–H and O–H groups in total. The Hall–Kier alpha value is 8.13. The standard InChI is InChI=1S/C12H8N.9Y/c1-9-6-10-4-2-3-5-11(10)7-12(9)8-13;;;;;;;;;/h2,4-7H,1H3;;;;;;;;;/q-1;;;;;;;;;. The van der Waals surface area contributed by atoms with Crippen molar-refractivity contribution in [1.82, 2.24) is 0 Å². The summed E-state index contributed by atoms with van der Waals surface area (Å²) in [5.41, 5.74) is 1.77. The van der Waals surface area contributed by atoms with E-state index >= 15 is 0 Å². The molecular formula is C12H8NY9-. The predicted molar refractivity (Wildman–Crippen MR) is 52.2 cm³/mol. The molecule has 0 unspecified atom stereocenters. The van der Waals surface area contributed by atoms with Crippen molar-refractivity contribution in [3.8, 4) is 6.07 Å². The Morgan fingerprint density at radius 2 is 1.32 bits per heavy atom. The number of aryl methyl sites for hydroxylation is 1. The summed E-state index contributed by atoms with van der Waals surface area (Å²) in [7, 11) is 0. The zero-order valence-electron chi connectivity index (χ0n) is 12.5. The Balaban J connectivity index is -0.0000000363. The van der Waals surface area contributed by atoms with Gasteiger partial charge in [0.2, 0.25) is 0 Å². The van der Waals surface area contributed by atoms with Crippen molar-refractivity contribution in [2.75, 3.05) is 0 Å². The predicted octanol–water partition coefficient (Wildman–Crippen LogP) is 2.80. The van der Waals surface area contributed by atoms with E-state index < -0.39 is 0 Å². The van der Waals surface area contributed by atoms with Crippen LogP contribution in [-0.4, -0.2) is 0 Å². The average Bonchev–Trinajstić information content (AvgIpc) is 2.17. The van der Waals surface area contributed by atoms with Crippen LogP contribution in [0.4, 0.5) is 0 Å². The second-order valence-electron chi connectivity index (χ2n) is 3.05. The van der Waals surface area contributed by atoms with Crippen molar-refractivity contribution in [3.63, 3.8) is 0 Å². The molecule has 2 aromatic rings. The zero-order chi connectivity index (χ0) is 9.26. The molecule has 22 heavy (non-hydrogen) atoms. The summed E-state index contributed by atoms with van der Waals surface area (Å²) in [5.74, 6) is 0. The largest absolute Gasteiger partial charge is 0.192 e. The smallest absolute Gasteiger partial charge is 0.0983 e. The van der Waals surface area contributed by atoms with Gasteiger partial charge in [-0.15, -0.1) is 10.8 Å². The number of nitrogens with zero attached hydrogens (tertiary/aromatic N) is 1. The van der Waals surface area contributed by atoms with Gasteiger partial charge < -0.3 is 0 Å². The van der Waals surface area contributed by atoms with Gasteiger partial charge in [0.1, 0.15) is 0 Å². The van der Waals surface area contributed by atoms with Crippen LogP contribution in [0.5, 0.6) is 0 Å². The van der Waals surface area contributed by atoms with Crippen molar-refractivity contribution in [2.45, 2.75) is 6.92 Å². The Morgan fingerprint density at radius 1 is 0.818 bits per heavy atom. The first-order valence-corrected chi connectivity index (χ1v) is 4.12. The number of hydrogen-bond donors (Lipinski definition) is 0. The molecule has 0 spiro atoms. The maximum Gasteiger partial charge on any atom is 0.0983 e. The molecule has 0 aliphatic heterocycles. The van der Waals surface area contributed by atoms with Gasteiger partial charge in [-0.25, -0.2) is 0 Å². The number of hydrogen-bond acceptors (Lipinski definition) is 1. The maximum absolute atomic E-state index is 8.82. The van der Waals surface area contributed by atoms with E-state index in [4.69, 9.17) is 5.26 Å². The molecule has 0 heterocycles. The molecule has 89 valence electrons. The van der Waals surface area contributed by atoms with E-state index in [0.29, 0.717) is 0 Å². The molecule has 0 saturated heterocycles. The van der Waals surface area contributed by atoms with Crippen LogP contribution in [0, 0.1) is 24.3 Å². The molecule has 0 atom stereocenters. The van der Waals surface area contributed by atoms with E-state index in [2.05, 4.69) is 12.1 Å². The van der Waals surface area contributed by atoms with Gasteiger partial charge in [-0.1, -0.05) is 12.1 Å². The van der Waals surface area contributed by atoms with Crippen molar-refractivity contribution in [2.24, 2.45) is 0 Å². The molecule has 0 aliphatic carbocycles. The third-order valence-corrected chi connectivity index (χ3v) is 2.15. The second kappa shape index (κ2) is 31.3. The first-order valence-electron chi connectivity index (χ1n) is 4.12. The van der Waals surface area contributed by atoms with E-state index in [9.17, 15) is 0 Å². The van der Waals surface area contributed by atoms with Gasteiger partial charge >= 0.3 is 0 Å². The van der Waals surface area contributed by atoms with Gasteiger partial charge in [0.15, 0.2) is 0 Å². The average molecular weight is 966 g/mol. The number of fused-ring (bicyclic) bond motifs is 1. The fourth-order valence-electron chi connectivity index (χ4n) is 1.41. The summed E-state index contributed by atoms with van der Waals surface area (Å²) in [6.07, 6.45) is 0. The fraction of sp³-hybridized carbons (Fsp3) is 0.0833. The van der Waals surface area contributed by atoms with E-state index in [1.807, 2.05) is 37.3 Å². The van der Waals surface area contributed by atoms with E-state index in [0.717, 1.165) is 21.9 Å². The Kier molecular flexibility index (Phi) is 74.3. The maximum atomic E-state index is 8.82. The molecule has 0 aromatic heterocycles. The zero-order valence-corrected chi connectivity index (χ0v) is 38.1. The Labute approximate surface area is 360 Å². The minimum atomic E-state index is 0. The molecule has 0 saturated carbocycles. The van der Waals surface area contributed by atoms with Crippen LogP contribution in [0.25, 0.3) is 10.8 Å². The van der Waals surface area contributed by atoms with Crippen molar-refractivity contribution < 1.29 is 294 Å². The minimum Gasteiger partial charge on any atom is -0.192 e. The van der Waals surface area contributed by atoms with E-state index in [1.54, 1.807) is 0 Å². The molecule has 0 amide bonds. The normalized spacial score (nSPS) is 5.82. The molecule has 9 radical (unpaired) electrons. The molecule has 2 aromatic carbocycles. The Bertz CT molecular complexity index is 513. The van der Waals surface area contributed by atoms with Crippen LogP contribution in [0.3, 0.4) is 0 Å². The van der Waals surface area contributed by atoms with E-state index in [-0.39, 0.29) is 294 Å². The van der Waals surface area contributed by atoms with Crippen LogP contribution in [-0.2, 0) is 294 Å². The molecular weight excluding hydrogens is 958 g/mol. The quantitative estimate of drug-likeness (QED) is 0.374. The third-order valence-electron chi connectivity index (χ3n) is 2.15. The van der Waals surface area contributed by atoms with E-state index in [1.165, 1.54) is 0 Å². The van der Waals surface area contributed by atoms with Gasteiger partial charge in [-0.2, -0.15) is 29.5 Å². The van der Waals surface area contributed by atoms with Crippen LogP contribution >= 0.6 is 0 Å². The van der Waals surface area contributed by atoms with Crippen molar-refractivity contribution in [3.05, 3.63) is 47.5 Å². The summed E-state index contributed by atoms with van der Waals surface area (Å²) in [6.45, 7) is 1.95. The van der Waals surface area contributed by atoms with Crippen LogP contribution in [0.1, 0.15) is 11.1 Å². The molecule has 0 bridgehead atoms. The SMILES string of the molecule is Cc1cc2cc[c-]cc2cc1C#N.[Y].[Y].[Y].[Y].[Y].[Y].[Y].[Y].[Y]. The molecule has 1 nitrogen and oxygen atoms in total. The summed E-state index contributed by atoms with van der Waals surface area (Å²) in [6, 6.07) is 14.9. The summed E-state index contributed by atoms with van der Waals surface area (Å²) in [5, 5.41) is 11.1. The van der Waals surface area contributed by atoms with Crippen molar-refractivity contribution >= 4 is 10.8 Å².